The molecule has 0 fully saturated rings. The summed E-state index contributed by atoms with van der Waals surface area (Å²) in [7, 11) is -4.59. The third-order valence-electron chi connectivity index (χ3n) is 1.41. The zero-order valence-corrected chi connectivity index (χ0v) is 8.09. The van der Waals surface area contributed by atoms with Gasteiger partial charge < -0.3 is 20.0 Å². The Morgan fingerprint density at radius 2 is 1.79 bits per heavy atom. The van der Waals surface area contributed by atoms with Crippen LogP contribution in [-0.4, -0.2) is 49.3 Å². The Bertz CT molecular complexity index is 284. The van der Waals surface area contributed by atoms with Crippen LogP contribution in [0.25, 0.3) is 0 Å². The van der Waals surface area contributed by atoms with Crippen LogP contribution in [0.5, 0.6) is 0 Å². The molecule has 0 rings (SSSR count). The molecule has 14 heavy (non-hydrogen) atoms. The standard InChI is InChI=1S/C5H10NO7P/c1-3(4(7)8)6(5(9)10)2-14(11,12)13/h3H,2H2,1H3,(H,7,8)(H,9,10)(H2,11,12,13). The Morgan fingerprint density at radius 1 is 1.36 bits per heavy atom. The number of hydrogen-bond acceptors (Lipinski definition) is 3. The van der Waals surface area contributed by atoms with Crippen molar-refractivity contribution in [2.45, 2.75) is 13.0 Å². The van der Waals surface area contributed by atoms with Crippen LogP contribution < -0.4 is 0 Å². The van der Waals surface area contributed by atoms with E-state index < -0.39 is 32.0 Å². The number of rotatable bonds is 4. The molecule has 0 saturated carbocycles. The lowest BCUT2D eigenvalue weighted by atomic mass is 10.3. The first kappa shape index (κ1) is 12.9. The lowest BCUT2D eigenvalue weighted by Gasteiger charge is -2.23. The van der Waals surface area contributed by atoms with Gasteiger partial charge in [-0.2, -0.15) is 0 Å². The average molecular weight is 227 g/mol. The number of aliphatic carboxylic acids is 1. The molecule has 4 N–H and O–H groups in total. The molecule has 0 bridgehead atoms. The van der Waals surface area contributed by atoms with E-state index in [2.05, 4.69) is 0 Å². The lowest BCUT2D eigenvalue weighted by Crippen LogP contribution is -2.42. The predicted octanol–water partition coefficient (Wildman–Crippen LogP) is -0.425. The molecule has 0 spiro atoms. The van der Waals surface area contributed by atoms with Crippen molar-refractivity contribution in [2.75, 3.05) is 6.29 Å². The normalized spacial score (nSPS) is 13.4. The Morgan fingerprint density at radius 3 is 2.00 bits per heavy atom. The van der Waals surface area contributed by atoms with Crippen LogP contribution >= 0.6 is 7.60 Å². The highest BCUT2D eigenvalue weighted by Crippen LogP contribution is 2.35. The lowest BCUT2D eigenvalue weighted by molar-refractivity contribution is -0.141. The molecule has 82 valence electrons. The highest BCUT2D eigenvalue weighted by Gasteiger charge is 2.30. The summed E-state index contributed by atoms with van der Waals surface area (Å²) >= 11 is 0. The molecule has 1 atom stereocenters. The minimum absolute atomic E-state index is 0.170. The molecule has 8 nitrogen and oxygen atoms in total. The van der Waals surface area contributed by atoms with Gasteiger partial charge in [0.05, 0.1) is 0 Å². The SMILES string of the molecule is CC(C(=O)O)N(CP(=O)(O)O)C(=O)O. The van der Waals surface area contributed by atoms with Gasteiger partial charge in [-0.1, -0.05) is 0 Å². The molecule has 1 amide bonds. The summed E-state index contributed by atoms with van der Waals surface area (Å²) in [6, 6.07) is -1.50. The maximum atomic E-state index is 10.5. The summed E-state index contributed by atoms with van der Waals surface area (Å²) in [6.07, 6.45) is -2.82. The van der Waals surface area contributed by atoms with Crippen LogP contribution in [0.15, 0.2) is 0 Å². The number of carboxylic acids is 1. The van der Waals surface area contributed by atoms with E-state index in [0.29, 0.717) is 0 Å². The van der Waals surface area contributed by atoms with Gasteiger partial charge in [0, 0.05) is 0 Å². The van der Waals surface area contributed by atoms with Crippen molar-refractivity contribution in [3.63, 3.8) is 0 Å². The third-order valence-corrected chi connectivity index (χ3v) is 2.08. The second-order valence-electron chi connectivity index (χ2n) is 2.57. The van der Waals surface area contributed by atoms with Gasteiger partial charge in [0.25, 0.3) is 0 Å². The van der Waals surface area contributed by atoms with Gasteiger partial charge in [0.15, 0.2) is 0 Å². The summed E-state index contributed by atoms with van der Waals surface area (Å²) in [5.41, 5.74) is 0. The molecule has 0 aliphatic carbocycles. The van der Waals surface area contributed by atoms with E-state index in [4.69, 9.17) is 20.0 Å². The Balaban J connectivity index is 4.70. The zero-order chi connectivity index (χ0) is 11.5. The van der Waals surface area contributed by atoms with Crippen LogP contribution in [0.4, 0.5) is 4.79 Å². The largest absolute Gasteiger partial charge is 0.480 e. The van der Waals surface area contributed by atoms with Crippen LogP contribution in [-0.2, 0) is 9.36 Å². The van der Waals surface area contributed by atoms with Crippen molar-refractivity contribution >= 4 is 19.7 Å². The molecule has 0 aliphatic heterocycles. The summed E-state index contributed by atoms with van der Waals surface area (Å²) in [5.74, 6) is -1.47. The van der Waals surface area contributed by atoms with E-state index >= 15 is 0 Å². The number of nitrogens with zero attached hydrogens (tertiary/aromatic N) is 1. The van der Waals surface area contributed by atoms with Crippen LogP contribution in [0, 0.1) is 0 Å². The Kier molecular flexibility index (Phi) is 4.06. The molecule has 0 radical (unpaired) electrons. The zero-order valence-electron chi connectivity index (χ0n) is 7.19. The van der Waals surface area contributed by atoms with Crippen molar-refractivity contribution in [3.05, 3.63) is 0 Å². The highest BCUT2D eigenvalue weighted by molar-refractivity contribution is 7.51. The predicted molar refractivity (Wildman–Crippen MR) is 43.9 cm³/mol. The number of carboxylic acid groups (broad SMARTS) is 2. The van der Waals surface area contributed by atoms with Crippen LogP contribution in [0.3, 0.4) is 0 Å². The minimum atomic E-state index is -4.59. The molecular formula is C5H10NO7P. The van der Waals surface area contributed by atoms with Crippen LogP contribution in [0.2, 0.25) is 0 Å². The molecule has 0 aromatic heterocycles. The Labute approximate surface area is 78.9 Å². The molecular weight excluding hydrogens is 217 g/mol. The summed E-state index contributed by atoms with van der Waals surface area (Å²) < 4.78 is 10.5. The third kappa shape index (κ3) is 4.22. The summed E-state index contributed by atoms with van der Waals surface area (Å²) in [5, 5.41) is 16.9. The van der Waals surface area contributed by atoms with Gasteiger partial charge in [-0.3, -0.25) is 9.46 Å². The van der Waals surface area contributed by atoms with E-state index in [-0.39, 0.29) is 4.90 Å². The van der Waals surface area contributed by atoms with Gasteiger partial charge >= 0.3 is 19.7 Å². The second kappa shape index (κ2) is 4.41. The van der Waals surface area contributed by atoms with E-state index in [1.807, 2.05) is 0 Å². The first-order valence-electron chi connectivity index (χ1n) is 3.42. The monoisotopic (exact) mass is 227 g/mol. The van der Waals surface area contributed by atoms with Gasteiger partial charge in [0.2, 0.25) is 0 Å². The number of amides is 1. The second-order valence-corrected chi connectivity index (χ2v) is 4.18. The van der Waals surface area contributed by atoms with Gasteiger partial charge in [-0.05, 0) is 6.92 Å². The Hall–Kier alpha value is -1.11. The van der Waals surface area contributed by atoms with E-state index in [9.17, 15) is 14.2 Å². The van der Waals surface area contributed by atoms with E-state index in [0.717, 1.165) is 6.92 Å². The highest BCUT2D eigenvalue weighted by atomic mass is 31.2. The first-order valence-corrected chi connectivity index (χ1v) is 5.22. The fraction of sp³-hybridized carbons (Fsp3) is 0.600. The smallest absolute Gasteiger partial charge is 0.408 e. The average Bonchev–Trinajstić information content (AvgIpc) is 1.96. The summed E-state index contributed by atoms with van der Waals surface area (Å²) in [4.78, 5) is 37.9. The van der Waals surface area contributed by atoms with Crippen molar-refractivity contribution in [2.24, 2.45) is 0 Å². The maximum absolute atomic E-state index is 10.5. The fourth-order valence-electron chi connectivity index (χ4n) is 0.680. The first-order chi connectivity index (χ1) is 6.15. The van der Waals surface area contributed by atoms with Crippen molar-refractivity contribution in [3.8, 4) is 0 Å². The van der Waals surface area contributed by atoms with Crippen molar-refractivity contribution in [1.82, 2.24) is 4.90 Å². The summed E-state index contributed by atoms with van der Waals surface area (Å²) in [6.45, 7) is 1.02. The molecule has 0 aromatic carbocycles. The maximum Gasteiger partial charge on any atom is 0.408 e. The molecule has 1 unspecified atom stereocenters. The van der Waals surface area contributed by atoms with E-state index in [1.165, 1.54) is 0 Å². The van der Waals surface area contributed by atoms with E-state index in [1.54, 1.807) is 0 Å². The molecule has 0 heterocycles. The molecule has 0 saturated heterocycles. The van der Waals surface area contributed by atoms with Gasteiger partial charge in [-0.15, -0.1) is 0 Å². The van der Waals surface area contributed by atoms with Crippen LogP contribution in [0.1, 0.15) is 6.92 Å². The van der Waals surface area contributed by atoms with Crippen molar-refractivity contribution < 1.29 is 34.2 Å². The number of hydrogen-bond donors (Lipinski definition) is 4. The molecule has 0 aliphatic rings. The van der Waals surface area contributed by atoms with Crippen molar-refractivity contribution in [1.29, 1.82) is 0 Å². The fourth-order valence-corrected chi connectivity index (χ4v) is 1.44. The molecule has 0 aromatic rings. The minimum Gasteiger partial charge on any atom is -0.480 e. The number of carbonyl (C=O) groups is 2. The van der Waals surface area contributed by atoms with Gasteiger partial charge in [0.1, 0.15) is 12.3 Å². The molecule has 9 heteroatoms. The van der Waals surface area contributed by atoms with Gasteiger partial charge in [-0.25, -0.2) is 9.59 Å². The topological polar surface area (TPSA) is 135 Å². The quantitative estimate of drug-likeness (QED) is 0.478.